The van der Waals surface area contributed by atoms with E-state index in [4.69, 9.17) is 16.0 Å². The highest BCUT2D eigenvalue weighted by Crippen LogP contribution is 2.24. The maximum atomic E-state index is 12.7. The second-order valence-corrected chi connectivity index (χ2v) is 6.19. The maximum Gasteiger partial charge on any atom is 0.255 e. The minimum Gasteiger partial charge on any atom is -0.467 e. The molecule has 1 amide bonds. The highest BCUT2D eigenvalue weighted by atomic mass is 35.5. The fraction of sp³-hybridized carbons (Fsp3) is 0.263. The predicted octanol–water partition coefficient (Wildman–Crippen LogP) is 4.31. The Bertz CT molecular complexity index is 869. The van der Waals surface area contributed by atoms with Gasteiger partial charge in [0.2, 0.25) is 0 Å². The first-order chi connectivity index (χ1) is 12.1. The third kappa shape index (κ3) is 3.61. The van der Waals surface area contributed by atoms with E-state index < -0.39 is 0 Å². The lowest BCUT2D eigenvalue weighted by Crippen LogP contribution is -2.24. The molecule has 0 aliphatic rings. The van der Waals surface area contributed by atoms with Crippen molar-refractivity contribution in [3.8, 4) is 5.69 Å². The van der Waals surface area contributed by atoms with Crippen LogP contribution in [0, 0.1) is 6.92 Å². The number of carbonyl (C=O) groups is 1. The van der Waals surface area contributed by atoms with E-state index in [2.05, 4.69) is 17.3 Å². The summed E-state index contributed by atoms with van der Waals surface area (Å²) in [5, 5.41) is 8.14. The summed E-state index contributed by atoms with van der Waals surface area (Å²) in [6, 6.07) is 11.1. The number of hydrogen-bond acceptors (Lipinski definition) is 3. The number of carbonyl (C=O) groups excluding carboxylic acids is 1. The molecule has 0 unspecified atom stereocenters. The van der Waals surface area contributed by atoms with Gasteiger partial charge >= 0.3 is 0 Å². The number of rotatable bonds is 6. The van der Waals surface area contributed by atoms with Gasteiger partial charge in [-0.1, -0.05) is 37.1 Å². The van der Waals surface area contributed by atoms with Gasteiger partial charge in [0.25, 0.3) is 5.91 Å². The Morgan fingerprint density at radius 1 is 1.28 bits per heavy atom. The molecular formula is C19H20ClN3O2. The van der Waals surface area contributed by atoms with Crippen molar-refractivity contribution in [2.75, 3.05) is 0 Å². The number of aryl methyl sites for hydroxylation is 1. The predicted molar refractivity (Wildman–Crippen MR) is 97.2 cm³/mol. The highest BCUT2D eigenvalue weighted by molar-refractivity contribution is 6.32. The van der Waals surface area contributed by atoms with Crippen molar-refractivity contribution in [2.24, 2.45) is 0 Å². The number of nitrogens with zero attached hydrogens (tertiary/aromatic N) is 2. The standard InChI is InChI=1S/C19H20ClN3O2/c1-3-7-16-18(19(24)21-12-14-8-6-11-25-14)13(2)23(22-16)17-10-5-4-9-15(17)20/h4-6,8-11H,3,7,12H2,1-2H3,(H,21,24). The van der Waals surface area contributed by atoms with Gasteiger partial charge in [-0.2, -0.15) is 5.10 Å². The molecule has 0 saturated heterocycles. The number of hydrogen-bond donors (Lipinski definition) is 1. The minimum absolute atomic E-state index is 0.157. The van der Waals surface area contributed by atoms with Crippen molar-refractivity contribution in [1.29, 1.82) is 0 Å². The molecule has 0 aliphatic carbocycles. The van der Waals surface area contributed by atoms with Crippen LogP contribution in [-0.2, 0) is 13.0 Å². The van der Waals surface area contributed by atoms with Crippen molar-refractivity contribution >= 4 is 17.5 Å². The molecule has 3 aromatic rings. The molecule has 2 heterocycles. The lowest BCUT2D eigenvalue weighted by Gasteiger charge is -2.07. The lowest BCUT2D eigenvalue weighted by molar-refractivity contribution is 0.0946. The molecule has 3 rings (SSSR count). The first-order valence-electron chi connectivity index (χ1n) is 8.25. The molecule has 130 valence electrons. The van der Waals surface area contributed by atoms with Crippen LogP contribution >= 0.6 is 11.6 Å². The van der Waals surface area contributed by atoms with Crippen LogP contribution in [-0.4, -0.2) is 15.7 Å². The molecule has 0 bridgehead atoms. The quantitative estimate of drug-likeness (QED) is 0.715. The normalized spacial score (nSPS) is 10.8. The van der Waals surface area contributed by atoms with E-state index in [0.29, 0.717) is 22.9 Å². The van der Waals surface area contributed by atoms with E-state index in [1.807, 2.05) is 37.3 Å². The number of halogens is 1. The minimum atomic E-state index is -0.157. The molecule has 25 heavy (non-hydrogen) atoms. The number of furan rings is 1. The molecule has 0 fully saturated rings. The Hall–Kier alpha value is -2.53. The Morgan fingerprint density at radius 3 is 2.76 bits per heavy atom. The number of amides is 1. The Kier molecular flexibility index (Phi) is 5.24. The van der Waals surface area contributed by atoms with Crippen molar-refractivity contribution in [1.82, 2.24) is 15.1 Å². The fourth-order valence-electron chi connectivity index (χ4n) is 2.79. The molecule has 0 aliphatic heterocycles. The third-order valence-electron chi connectivity index (χ3n) is 3.99. The monoisotopic (exact) mass is 357 g/mol. The SMILES string of the molecule is CCCc1nn(-c2ccccc2Cl)c(C)c1C(=O)NCc1ccco1. The van der Waals surface area contributed by atoms with Gasteiger partial charge in [0, 0.05) is 0 Å². The van der Waals surface area contributed by atoms with Gasteiger partial charge < -0.3 is 9.73 Å². The van der Waals surface area contributed by atoms with Gasteiger partial charge in [0.05, 0.1) is 40.5 Å². The Labute approximate surface area is 151 Å². The molecule has 0 spiro atoms. The van der Waals surface area contributed by atoms with Gasteiger partial charge in [0.15, 0.2) is 0 Å². The van der Waals surface area contributed by atoms with Crippen LogP contribution in [0.15, 0.2) is 47.1 Å². The van der Waals surface area contributed by atoms with Crippen LogP contribution in [0.3, 0.4) is 0 Å². The van der Waals surface area contributed by atoms with Crippen molar-refractivity contribution in [2.45, 2.75) is 33.2 Å². The average Bonchev–Trinajstić information content (AvgIpc) is 3.22. The summed E-state index contributed by atoms with van der Waals surface area (Å²) in [6.07, 6.45) is 3.21. The number of benzene rings is 1. The van der Waals surface area contributed by atoms with E-state index in [-0.39, 0.29) is 5.91 Å². The first-order valence-corrected chi connectivity index (χ1v) is 8.63. The maximum absolute atomic E-state index is 12.7. The van der Waals surface area contributed by atoms with Crippen LogP contribution in [0.2, 0.25) is 5.02 Å². The number of para-hydroxylation sites is 1. The molecule has 0 saturated carbocycles. The summed E-state index contributed by atoms with van der Waals surface area (Å²) in [7, 11) is 0. The van der Waals surface area contributed by atoms with Gasteiger partial charge in [-0.3, -0.25) is 4.79 Å². The van der Waals surface area contributed by atoms with Gasteiger partial charge in [0.1, 0.15) is 5.76 Å². The van der Waals surface area contributed by atoms with E-state index in [0.717, 1.165) is 29.9 Å². The zero-order valence-corrected chi connectivity index (χ0v) is 15.0. The highest BCUT2D eigenvalue weighted by Gasteiger charge is 2.22. The summed E-state index contributed by atoms with van der Waals surface area (Å²) in [5.41, 5.74) is 2.92. The molecule has 0 atom stereocenters. The summed E-state index contributed by atoms with van der Waals surface area (Å²) >= 11 is 6.30. The number of nitrogens with one attached hydrogen (secondary N) is 1. The van der Waals surface area contributed by atoms with Crippen LogP contribution in [0.25, 0.3) is 5.69 Å². The third-order valence-corrected chi connectivity index (χ3v) is 4.31. The second kappa shape index (κ2) is 7.57. The summed E-state index contributed by atoms with van der Waals surface area (Å²) < 4.78 is 7.01. The van der Waals surface area contributed by atoms with E-state index in [1.165, 1.54) is 0 Å². The van der Waals surface area contributed by atoms with Crippen LogP contribution in [0.4, 0.5) is 0 Å². The molecular weight excluding hydrogens is 338 g/mol. The molecule has 6 heteroatoms. The zero-order valence-electron chi connectivity index (χ0n) is 14.3. The molecule has 5 nitrogen and oxygen atoms in total. The summed E-state index contributed by atoms with van der Waals surface area (Å²) in [6.45, 7) is 4.29. The second-order valence-electron chi connectivity index (χ2n) is 5.78. The van der Waals surface area contributed by atoms with Gasteiger partial charge in [-0.05, 0) is 37.6 Å². The first kappa shape index (κ1) is 17.3. The Morgan fingerprint density at radius 2 is 2.08 bits per heavy atom. The van der Waals surface area contributed by atoms with Crippen molar-refractivity contribution < 1.29 is 9.21 Å². The summed E-state index contributed by atoms with van der Waals surface area (Å²) in [4.78, 5) is 12.7. The molecule has 0 radical (unpaired) electrons. The van der Waals surface area contributed by atoms with Gasteiger partial charge in [-0.15, -0.1) is 0 Å². The molecule has 1 aromatic carbocycles. The smallest absolute Gasteiger partial charge is 0.255 e. The number of aromatic nitrogens is 2. The fourth-order valence-corrected chi connectivity index (χ4v) is 3.01. The lowest BCUT2D eigenvalue weighted by atomic mass is 10.1. The van der Waals surface area contributed by atoms with Crippen molar-refractivity contribution in [3.05, 3.63) is 70.4 Å². The largest absolute Gasteiger partial charge is 0.467 e. The molecule has 2 aromatic heterocycles. The zero-order chi connectivity index (χ0) is 17.8. The Balaban J connectivity index is 1.94. The summed E-state index contributed by atoms with van der Waals surface area (Å²) in [5.74, 6) is 0.553. The van der Waals surface area contributed by atoms with E-state index in [1.54, 1.807) is 17.0 Å². The van der Waals surface area contributed by atoms with Crippen molar-refractivity contribution in [3.63, 3.8) is 0 Å². The topological polar surface area (TPSA) is 60.1 Å². The molecule has 1 N–H and O–H groups in total. The van der Waals surface area contributed by atoms with E-state index in [9.17, 15) is 4.79 Å². The van der Waals surface area contributed by atoms with Gasteiger partial charge in [-0.25, -0.2) is 4.68 Å². The van der Waals surface area contributed by atoms with Crippen LogP contribution in [0.1, 0.15) is 40.9 Å². The van der Waals surface area contributed by atoms with Crippen LogP contribution in [0.5, 0.6) is 0 Å². The average molecular weight is 358 g/mol. The van der Waals surface area contributed by atoms with Crippen LogP contribution < -0.4 is 5.32 Å². The van der Waals surface area contributed by atoms with E-state index >= 15 is 0 Å².